The summed E-state index contributed by atoms with van der Waals surface area (Å²) in [6, 6.07) is 0. The molecule has 0 bridgehead atoms. The van der Waals surface area contributed by atoms with Gasteiger partial charge in [0.05, 0.1) is 18.3 Å². The van der Waals surface area contributed by atoms with Crippen LogP contribution >= 0.6 is 11.3 Å². The van der Waals surface area contributed by atoms with Crippen molar-refractivity contribution in [1.82, 2.24) is 9.88 Å². The van der Waals surface area contributed by atoms with Crippen LogP contribution in [-0.4, -0.2) is 47.1 Å². The van der Waals surface area contributed by atoms with E-state index in [1.165, 1.54) is 23.4 Å². The molecule has 0 radical (unpaired) electrons. The Kier molecular flexibility index (Phi) is 5.51. The van der Waals surface area contributed by atoms with Crippen LogP contribution in [0.1, 0.15) is 36.8 Å². The van der Waals surface area contributed by atoms with Gasteiger partial charge in [-0.15, -0.1) is 11.3 Å². The Balaban J connectivity index is 1.80. The smallest absolute Gasteiger partial charge is 0.240 e. The number of carbonyl (C=O) groups is 1. The summed E-state index contributed by atoms with van der Waals surface area (Å²) >= 11 is 1.61. The predicted octanol–water partition coefficient (Wildman–Crippen LogP) is 1.66. The number of rotatable bonds is 6. The second kappa shape index (κ2) is 7.15. The molecule has 6 heteroatoms. The van der Waals surface area contributed by atoms with Crippen LogP contribution in [0, 0.1) is 0 Å². The molecule has 2 N–H and O–H groups in total. The van der Waals surface area contributed by atoms with Crippen molar-refractivity contribution >= 4 is 22.4 Å². The van der Waals surface area contributed by atoms with E-state index >= 15 is 0 Å². The molecule has 1 aliphatic carbocycles. The lowest BCUT2D eigenvalue weighted by Gasteiger charge is -2.16. The van der Waals surface area contributed by atoms with Crippen LogP contribution in [0.4, 0.5) is 5.13 Å². The Labute approximate surface area is 124 Å². The molecule has 0 aromatic carbocycles. The fourth-order valence-corrected chi connectivity index (χ4v) is 3.36. The predicted molar refractivity (Wildman–Crippen MR) is 81.2 cm³/mol. The lowest BCUT2D eigenvalue weighted by atomic mass is 10.0. The van der Waals surface area contributed by atoms with Gasteiger partial charge in [-0.1, -0.05) is 0 Å². The quantitative estimate of drug-likeness (QED) is 0.838. The van der Waals surface area contributed by atoms with E-state index in [2.05, 4.69) is 10.3 Å². The van der Waals surface area contributed by atoms with Crippen LogP contribution in [0.2, 0.25) is 0 Å². The molecule has 112 valence electrons. The number of fused-ring (bicyclic) bond motifs is 1. The van der Waals surface area contributed by atoms with Crippen molar-refractivity contribution in [1.29, 1.82) is 0 Å². The second-order valence-electron chi connectivity index (χ2n) is 5.52. The molecular formula is C14H23N3O2S. The zero-order chi connectivity index (χ0) is 14.5. The maximum absolute atomic E-state index is 11.9. The second-order valence-corrected chi connectivity index (χ2v) is 6.60. The lowest BCUT2D eigenvalue weighted by molar-refractivity contribution is -0.117. The van der Waals surface area contributed by atoms with E-state index < -0.39 is 0 Å². The molecule has 0 saturated heterocycles. The highest BCUT2D eigenvalue weighted by atomic mass is 32.1. The molecule has 1 aliphatic rings. The molecule has 0 saturated carbocycles. The van der Waals surface area contributed by atoms with E-state index in [4.69, 9.17) is 0 Å². The maximum Gasteiger partial charge on any atom is 0.240 e. The van der Waals surface area contributed by atoms with Crippen LogP contribution in [-0.2, 0) is 17.6 Å². The number of hydrogen-bond acceptors (Lipinski definition) is 5. The van der Waals surface area contributed by atoms with Crippen molar-refractivity contribution in [2.24, 2.45) is 0 Å². The largest absolute Gasteiger partial charge is 0.393 e. The molecule has 5 nitrogen and oxygen atoms in total. The molecule has 0 spiro atoms. The summed E-state index contributed by atoms with van der Waals surface area (Å²) in [6.07, 6.45) is 4.91. The SMILES string of the molecule is CC(O)CCN(C)CC(=O)Nc1nc2c(s1)CCCC2. The Morgan fingerprint density at radius 3 is 2.95 bits per heavy atom. The fraction of sp³-hybridized carbons (Fsp3) is 0.714. The van der Waals surface area contributed by atoms with Gasteiger partial charge in [0, 0.05) is 11.4 Å². The van der Waals surface area contributed by atoms with Crippen molar-refractivity contribution in [3.8, 4) is 0 Å². The van der Waals surface area contributed by atoms with E-state index in [0.29, 0.717) is 19.5 Å². The van der Waals surface area contributed by atoms with Crippen molar-refractivity contribution in [3.63, 3.8) is 0 Å². The van der Waals surface area contributed by atoms with Crippen molar-refractivity contribution in [2.45, 2.75) is 45.1 Å². The molecule has 0 fully saturated rings. The summed E-state index contributed by atoms with van der Waals surface area (Å²) in [4.78, 5) is 19.7. The third-order valence-corrected chi connectivity index (χ3v) is 4.51. The number of carbonyl (C=O) groups excluding carboxylic acids is 1. The average molecular weight is 297 g/mol. The highest BCUT2D eigenvalue weighted by Gasteiger charge is 2.16. The van der Waals surface area contributed by atoms with Crippen LogP contribution in [0.3, 0.4) is 0 Å². The number of likely N-dealkylation sites (N-methyl/N-ethyl adjacent to an activating group) is 1. The molecule has 0 aliphatic heterocycles. The number of aryl methyl sites for hydroxylation is 2. The Bertz CT molecular complexity index is 436. The first-order valence-corrected chi connectivity index (χ1v) is 8.01. The van der Waals surface area contributed by atoms with Crippen LogP contribution < -0.4 is 5.32 Å². The van der Waals surface area contributed by atoms with Gasteiger partial charge in [0.25, 0.3) is 0 Å². The Hall–Kier alpha value is -0.980. The van der Waals surface area contributed by atoms with Crippen LogP contribution in [0.5, 0.6) is 0 Å². The summed E-state index contributed by atoms with van der Waals surface area (Å²) in [5.41, 5.74) is 1.17. The van der Waals surface area contributed by atoms with Crippen molar-refractivity contribution < 1.29 is 9.90 Å². The molecule has 2 rings (SSSR count). The van der Waals surface area contributed by atoms with Gasteiger partial charge in [-0.05, 0) is 46.1 Å². The minimum absolute atomic E-state index is 0.0378. The van der Waals surface area contributed by atoms with E-state index in [1.54, 1.807) is 18.3 Å². The maximum atomic E-state index is 11.9. The first kappa shape index (κ1) is 15.4. The molecule has 1 heterocycles. The molecule has 1 atom stereocenters. The van der Waals surface area contributed by atoms with Gasteiger partial charge in [0.2, 0.25) is 5.91 Å². The summed E-state index contributed by atoms with van der Waals surface area (Å²) in [6.45, 7) is 2.80. The number of hydrogen-bond donors (Lipinski definition) is 2. The molecule has 1 amide bonds. The van der Waals surface area contributed by atoms with Crippen LogP contribution in [0.25, 0.3) is 0 Å². The van der Waals surface area contributed by atoms with Gasteiger partial charge in [-0.3, -0.25) is 9.69 Å². The first-order chi connectivity index (χ1) is 9.54. The van der Waals surface area contributed by atoms with Gasteiger partial charge in [-0.2, -0.15) is 0 Å². The van der Waals surface area contributed by atoms with Crippen molar-refractivity contribution in [3.05, 3.63) is 10.6 Å². The minimum atomic E-state index is -0.328. The number of aliphatic hydroxyl groups excluding tert-OH is 1. The summed E-state index contributed by atoms with van der Waals surface area (Å²) < 4.78 is 0. The van der Waals surface area contributed by atoms with E-state index in [9.17, 15) is 9.90 Å². The average Bonchev–Trinajstić information content (AvgIpc) is 2.78. The number of aromatic nitrogens is 1. The fourth-order valence-electron chi connectivity index (χ4n) is 2.30. The molecule has 1 unspecified atom stereocenters. The van der Waals surface area contributed by atoms with Gasteiger partial charge in [0.15, 0.2) is 5.13 Å². The molecule has 20 heavy (non-hydrogen) atoms. The zero-order valence-corrected chi connectivity index (χ0v) is 13.0. The zero-order valence-electron chi connectivity index (χ0n) is 12.2. The third-order valence-electron chi connectivity index (χ3n) is 3.43. The number of aliphatic hydroxyl groups is 1. The summed E-state index contributed by atoms with van der Waals surface area (Å²) in [5, 5.41) is 12.8. The number of thiazole rings is 1. The molecule has 1 aromatic heterocycles. The normalized spacial score (nSPS) is 16.0. The highest BCUT2D eigenvalue weighted by Crippen LogP contribution is 2.29. The van der Waals surface area contributed by atoms with E-state index in [-0.39, 0.29) is 12.0 Å². The molecule has 1 aromatic rings. The van der Waals surface area contributed by atoms with Crippen LogP contribution in [0.15, 0.2) is 0 Å². The van der Waals surface area contributed by atoms with Gasteiger partial charge < -0.3 is 10.4 Å². The van der Waals surface area contributed by atoms with E-state index in [1.807, 2.05) is 11.9 Å². The summed E-state index contributed by atoms with van der Waals surface area (Å²) in [5.74, 6) is -0.0378. The highest BCUT2D eigenvalue weighted by molar-refractivity contribution is 7.15. The molecular weight excluding hydrogens is 274 g/mol. The lowest BCUT2D eigenvalue weighted by Crippen LogP contribution is -2.32. The summed E-state index contributed by atoms with van der Waals surface area (Å²) in [7, 11) is 1.88. The Morgan fingerprint density at radius 1 is 1.50 bits per heavy atom. The van der Waals surface area contributed by atoms with E-state index in [0.717, 1.165) is 18.0 Å². The first-order valence-electron chi connectivity index (χ1n) is 7.19. The van der Waals surface area contributed by atoms with Gasteiger partial charge >= 0.3 is 0 Å². The number of nitrogens with zero attached hydrogens (tertiary/aromatic N) is 2. The van der Waals surface area contributed by atoms with Crippen molar-refractivity contribution in [2.75, 3.05) is 25.5 Å². The van der Waals surface area contributed by atoms with Gasteiger partial charge in [0.1, 0.15) is 0 Å². The topological polar surface area (TPSA) is 65.5 Å². The third kappa shape index (κ3) is 4.54. The Morgan fingerprint density at radius 2 is 2.25 bits per heavy atom. The monoisotopic (exact) mass is 297 g/mol. The number of nitrogens with one attached hydrogen (secondary N) is 1. The standard InChI is InChI=1S/C14H23N3O2S/c1-10(18)7-8-17(2)9-13(19)16-14-15-11-5-3-4-6-12(11)20-14/h10,18H,3-9H2,1-2H3,(H,15,16,19). The number of amides is 1. The minimum Gasteiger partial charge on any atom is -0.393 e. The van der Waals surface area contributed by atoms with Gasteiger partial charge in [-0.25, -0.2) is 4.98 Å². The number of anilines is 1.